The van der Waals surface area contributed by atoms with E-state index in [1.807, 2.05) is 0 Å². The Kier molecular flexibility index (Phi) is 2.84. The van der Waals surface area contributed by atoms with Crippen molar-refractivity contribution in [2.45, 2.75) is 58.1 Å². The van der Waals surface area contributed by atoms with Gasteiger partial charge < -0.3 is 4.74 Å². The van der Waals surface area contributed by atoms with Gasteiger partial charge in [-0.1, -0.05) is 39.0 Å². The van der Waals surface area contributed by atoms with Crippen LogP contribution in [0.4, 0.5) is 0 Å². The van der Waals surface area contributed by atoms with Crippen molar-refractivity contribution in [2.24, 2.45) is 22.7 Å². The van der Waals surface area contributed by atoms with Gasteiger partial charge in [0.1, 0.15) is 5.75 Å². The molecule has 0 amide bonds. The zero-order chi connectivity index (χ0) is 16.9. The molecule has 128 valence electrons. The van der Waals surface area contributed by atoms with Gasteiger partial charge in [-0.05, 0) is 54.6 Å². The smallest absolute Gasteiger partial charge is 0.123 e. The average Bonchev–Trinajstić information content (AvgIpc) is 2.86. The van der Waals surface area contributed by atoms with Gasteiger partial charge in [-0.25, -0.2) is 0 Å². The van der Waals surface area contributed by atoms with Gasteiger partial charge in [-0.15, -0.1) is 11.8 Å². The molecule has 1 nitrogen and oxygen atoms in total. The minimum Gasteiger partial charge on any atom is -0.493 e. The summed E-state index contributed by atoms with van der Waals surface area (Å²) in [5.74, 6) is 3.02. The highest BCUT2D eigenvalue weighted by Crippen LogP contribution is 2.76. The van der Waals surface area contributed by atoms with E-state index in [9.17, 15) is 0 Å². The van der Waals surface area contributed by atoms with Crippen LogP contribution >= 0.6 is 11.8 Å². The van der Waals surface area contributed by atoms with Gasteiger partial charge in [0.2, 0.25) is 0 Å². The number of rotatable bonds is 0. The third-order valence-corrected chi connectivity index (χ3v) is 9.75. The van der Waals surface area contributed by atoms with E-state index in [-0.39, 0.29) is 4.75 Å². The van der Waals surface area contributed by atoms with E-state index >= 15 is 0 Å². The van der Waals surface area contributed by atoms with E-state index in [1.54, 1.807) is 10.5 Å². The molecule has 24 heavy (non-hydrogen) atoms. The fourth-order valence-electron chi connectivity index (χ4n) is 6.14. The topological polar surface area (TPSA) is 9.23 Å². The van der Waals surface area contributed by atoms with Crippen molar-refractivity contribution in [1.29, 1.82) is 0 Å². The van der Waals surface area contributed by atoms with Crippen LogP contribution in [0, 0.1) is 22.7 Å². The second-order valence-electron chi connectivity index (χ2n) is 9.57. The first-order valence-electron chi connectivity index (χ1n) is 9.43. The van der Waals surface area contributed by atoms with E-state index in [4.69, 9.17) is 4.74 Å². The lowest BCUT2D eigenvalue weighted by atomic mass is 9.67. The molecular formula is C22H28OS. The first-order chi connectivity index (χ1) is 11.3. The molecule has 2 heterocycles. The summed E-state index contributed by atoms with van der Waals surface area (Å²) in [7, 11) is 0. The summed E-state index contributed by atoms with van der Waals surface area (Å²) in [4.78, 5) is 1.74. The lowest BCUT2D eigenvalue weighted by Crippen LogP contribution is -2.44. The van der Waals surface area contributed by atoms with Gasteiger partial charge >= 0.3 is 0 Å². The SMILES string of the molecule is CC1(C)SC2=C([C@@H]3c4ccccc4OC[C@H]31)[C@H]1CC[C@]2(C)C1(C)C. The molecule has 0 aromatic heterocycles. The normalized spacial score (nSPS) is 40.6. The van der Waals surface area contributed by atoms with Crippen LogP contribution in [-0.4, -0.2) is 11.4 Å². The molecule has 1 fully saturated rings. The molecule has 1 aromatic carbocycles. The molecule has 2 aliphatic carbocycles. The monoisotopic (exact) mass is 340 g/mol. The summed E-state index contributed by atoms with van der Waals surface area (Å²) in [6.45, 7) is 13.3. The Labute approximate surface area is 150 Å². The zero-order valence-corrected chi connectivity index (χ0v) is 16.3. The molecule has 0 spiro atoms. The summed E-state index contributed by atoms with van der Waals surface area (Å²) in [6.07, 6.45) is 2.73. The Bertz CT molecular complexity index is 759. The van der Waals surface area contributed by atoms with Gasteiger partial charge in [0, 0.05) is 27.6 Å². The van der Waals surface area contributed by atoms with Gasteiger partial charge in [0.05, 0.1) is 6.61 Å². The minimum atomic E-state index is 0.237. The summed E-state index contributed by atoms with van der Waals surface area (Å²) >= 11 is 2.18. The van der Waals surface area contributed by atoms with Gasteiger partial charge in [-0.3, -0.25) is 0 Å². The first-order valence-corrected chi connectivity index (χ1v) is 10.2. The number of hydrogen-bond acceptors (Lipinski definition) is 2. The summed E-state index contributed by atoms with van der Waals surface area (Å²) < 4.78 is 6.44. The zero-order valence-electron chi connectivity index (χ0n) is 15.5. The van der Waals surface area contributed by atoms with Crippen LogP contribution in [0.3, 0.4) is 0 Å². The molecule has 1 aromatic rings. The number of hydrogen-bond donors (Lipinski definition) is 0. The largest absolute Gasteiger partial charge is 0.493 e. The third-order valence-electron chi connectivity index (χ3n) is 8.03. The molecule has 0 saturated heterocycles. The number of para-hydroxylation sites is 1. The van der Waals surface area contributed by atoms with Crippen LogP contribution < -0.4 is 4.74 Å². The Morgan fingerprint density at radius 3 is 2.62 bits per heavy atom. The van der Waals surface area contributed by atoms with Crippen molar-refractivity contribution in [3.05, 3.63) is 40.3 Å². The molecular weight excluding hydrogens is 312 g/mol. The number of thioether (sulfide) groups is 1. The maximum absolute atomic E-state index is 6.20. The van der Waals surface area contributed by atoms with Crippen molar-refractivity contribution in [3.8, 4) is 5.75 Å². The molecule has 0 radical (unpaired) electrons. The van der Waals surface area contributed by atoms with Crippen LogP contribution in [0.1, 0.15) is 58.9 Å². The maximum atomic E-state index is 6.20. The standard InChI is InChI=1S/C22H28OS/c1-20(2)14-10-11-22(20,5)19-18(14)17-13-8-6-7-9-16(13)23-12-15(17)21(3,4)24-19/h6-9,14-15,17H,10-12H2,1-5H3/t14-,15-,17-,22+/m1/s1. The average molecular weight is 341 g/mol. The Morgan fingerprint density at radius 2 is 1.83 bits per heavy atom. The second kappa shape index (κ2) is 4.44. The molecule has 4 aliphatic rings. The Morgan fingerprint density at radius 1 is 1.08 bits per heavy atom. The maximum Gasteiger partial charge on any atom is 0.123 e. The molecule has 1 saturated carbocycles. The molecule has 0 unspecified atom stereocenters. The van der Waals surface area contributed by atoms with Crippen LogP contribution in [0.25, 0.3) is 0 Å². The summed E-state index contributed by atoms with van der Waals surface area (Å²) in [5, 5.41) is 0. The Balaban J connectivity index is 1.77. The molecule has 4 atom stereocenters. The predicted molar refractivity (Wildman–Crippen MR) is 101 cm³/mol. The highest BCUT2D eigenvalue weighted by atomic mass is 32.2. The van der Waals surface area contributed by atoms with Crippen molar-refractivity contribution in [2.75, 3.05) is 6.61 Å². The third kappa shape index (κ3) is 1.60. The van der Waals surface area contributed by atoms with E-state index in [2.05, 4.69) is 70.6 Å². The van der Waals surface area contributed by atoms with E-state index in [0.29, 0.717) is 22.7 Å². The highest BCUT2D eigenvalue weighted by Gasteiger charge is 2.65. The molecule has 2 bridgehead atoms. The van der Waals surface area contributed by atoms with Crippen LogP contribution in [0.5, 0.6) is 5.75 Å². The van der Waals surface area contributed by atoms with Gasteiger partial charge in [0.25, 0.3) is 0 Å². The van der Waals surface area contributed by atoms with Crippen molar-refractivity contribution in [1.82, 2.24) is 0 Å². The number of fused-ring (bicyclic) bond motifs is 8. The van der Waals surface area contributed by atoms with E-state index < -0.39 is 0 Å². The fraction of sp³-hybridized carbons (Fsp3) is 0.636. The quantitative estimate of drug-likeness (QED) is 0.571. The predicted octanol–water partition coefficient (Wildman–Crippen LogP) is 6.01. The molecule has 0 N–H and O–H groups in total. The van der Waals surface area contributed by atoms with E-state index in [1.165, 1.54) is 18.4 Å². The van der Waals surface area contributed by atoms with Crippen molar-refractivity contribution >= 4 is 11.8 Å². The minimum absolute atomic E-state index is 0.237. The van der Waals surface area contributed by atoms with Crippen molar-refractivity contribution in [3.63, 3.8) is 0 Å². The summed E-state index contributed by atoms with van der Waals surface area (Å²) in [5.41, 5.74) is 4.00. The Hall–Kier alpha value is -0.890. The van der Waals surface area contributed by atoms with E-state index in [0.717, 1.165) is 18.3 Å². The molecule has 2 aliphatic heterocycles. The first kappa shape index (κ1) is 15.4. The number of benzene rings is 1. The highest BCUT2D eigenvalue weighted by molar-refractivity contribution is 8.04. The second-order valence-corrected chi connectivity index (χ2v) is 11.2. The lowest BCUT2D eigenvalue weighted by molar-refractivity contribution is 0.162. The van der Waals surface area contributed by atoms with Crippen LogP contribution in [-0.2, 0) is 0 Å². The molecule has 5 rings (SSSR count). The number of ether oxygens (including phenoxy) is 1. The number of allylic oxidation sites excluding steroid dienone is 2. The summed E-state index contributed by atoms with van der Waals surface area (Å²) in [6, 6.07) is 8.80. The van der Waals surface area contributed by atoms with Gasteiger partial charge in [-0.2, -0.15) is 0 Å². The lowest BCUT2D eigenvalue weighted by Gasteiger charge is -2.50. The molecule has 2 heteroatoms. The van der Waals surface area contributed by atoms with Gasteiger partial charge in [0.15, 0.2) is 0 Å². The van der Waals surface area contributed by atoms with Crippen LogP contribution in [0.15, 0.2) is 34.7 Å². The van der Waals surface area contributed by atoms with Crippen molar-refractivity contribution < 1.29 is 4.74 Å². The van der Waals surface area contributed by atoms with Crippen LogP contribution in [0.2, 0.25) is 0 Å². The fourth-order valence-corrected chi connectivity index (χ4v) is 8.00.